The molecule has 0 saturated heterocycles. The summed E-state index contributed by atoms with van der Waals surface area (Å²) in [5, 5.41) is 0. The van der Waals surface area contributed by atoms with Crippen LogP contribution in [0.15, 0.2) is 48.7 Å². The molecule has 3 nitrogen and oxygen atoms in total. The number of benzene rings is 1. The number of hydrogen-bond acceptors (Lipinski definition) is 3. The number of anilines is 1. The molecule has 0 fully saturated rings. The Hall–Kier alpha value is -1.87. The molecule has 0 radical (unpaired) electrons. The highest BCUT2D eigenvalue weighted by molar-refractivity contribution is 5.48. The van der Waals surface area contributed by atoms with E-state index in [1.807, 2.05) is 25.3 Å². The summed E-state index contributed by atoms with van der Waals surface area (Å²) in [5.41, 5.74) is 8.41. The van der Waals surface area contributed by atoms with Crippen molar-refractivity contribution in [1.82, 2.24) is 4.98 Å². The third-order valence-electron chi connectivity index (χ3n) is 3.20. The SMILES string of the molecule is CCN(Cc1ccccc1)c1ncccc1[C@@H](C)N. The zero-order valence-electron chi connectivity index (χ0n) is 11.6. The van der Waals surface area contributed by atoms with Crippen LogP contribution in [0, 0.1) is 0 Å². The van der Waals surface area contributed by atoms with Gasteiger partial charge in [-0.25, -0.2) is 4.98 Å². The maximum atomic E-state index is 6.03. The first-order valence-electron chi connectivity index (χ1n) is 6.71. The van der Waals surface area contributed by atoms with Crippen molar-refractivity contribution < 1.29 is 0 Å². The number of nitrogens with two attached hydrogens (primary N) is 1. The fourth-order valence-corrected chi connectivity index (χ4v) is 2.17. The Morgan fingerprint density at radius 1 is 1.16 bits per heavy atom. The lowest BCUT2D eigenvalue weighted by molar-refractivity contribution is 0.762. The minimum Gasteiger partial charge on any atom is -0.352 e. The van der Waals surface area contributed by atoms with E-state index in [4.69, 9.17) is 5.73 Å². The van der Waals surface area contributed by atoms with Crippen molar-refractivity contribution in [2.45, 2.75) is 26.4 Å². The summed E-state index contributed by atoms with van der Waals surface area (Å²) in [4.78, 5) is 6.77. The van der Waals surface area contributed by atoms with Gasteiger partial charge in [-0.3, -0.25) is 0 Å². The van der Waals surface area contributed by atoms with E-state index in [9.17, 15) is 0 Å². The molecule has 0 aliphatic heterocycles. The molecule has 19 heavy (non-hydrogen) atoms. The molecule has 0 unspecified atom stereocenters. The van der Waals surface area contributed by atoms with Crippen molar-refractivity contribution in [1.29, 1.82) is 0 Å². The Morgan fingerprint density at radius 3 is 2.53 bits per heavy atom. The van der Waals surface area contributed by atoms with Crippen molar-refractivity contribution in [3.8, 4) is 0 Å². The molecule has 2 rings (SSSR count). The molecule has 1 aromatic heterocycles. The molecule has 1 aromatic carbocycles. The van der Waals surface area contributed by atoms with Gasteiger partial charge in [0.15, 0.2) is 0 Å². The fourth-order valence-electron chi connectivity index (χ4n) is 2.17. The molecule has 0 aliphatic carbocycles. The standard InChI is InChI=1S/C16H21N3/c1-3-19(12-14-8-5-4-6-9-14)16-15(13(2)17)10-7-11-18-16/h4-11,13H,3,12,17H2,1-2H3/t13-/m1/s1. The van der Waals surface area contributed by atoms with Crippen molar-refractivity contribution in [2.75, 3.05) is 11.4 Å². The molecule has 0 aliphatic rings. The van der Waals surface area contributed by atoms with Gasteiger partial charge in [0, 0.05) is 30.9 Å². The van der Waals surface area contributed by atoms with E-state index in [2.05, 4.69) is 47.1 Å². The molecule has 0 bridgehead atoms. The van der Waals surface area contributed by atoms with E-state index in [1.54, 1.807) is 0 Å². The van der Waals surface area contributed by atoms with Gasteiger partial charge in [-0.1, -0.05) is 36.4 Å². The Balaban J connectivity index is 2.27. The normalized spacial score (nSPS) is 12.2. The molecule has 0 saturated carbocycles. The minimum absolute atomic E-state index is 0.00600. The average Bonchev–Trinajstić information content (AvgIpc) is 2.46. The first-order valence-corrected chi connectivity index (χ1v) is 6.71. The van der Waals surface area contributed by atoms with Gasteiger partial charge in [0.1, 0.15) is 5.82 Å². The predicted molar refractivity (Wildman–Crippen MR) is 80.0 cm³/mol. The second-order valence-electron chi connectivity index (χ2n) is 4.70. The maximum Gasteiger partial charge on any atom is 0.133 e. The summed E-state index contributed by atoms with van der Waals surface area (Å²) < 4.78 is 0. The van der Waals surface area contributed by atoms with Crippen LogP contribution in [0.5, 0.6) is 0 Å². The lowest BCUT2D eigenvalue weighted by Crippen LogP contribution is -2.25. The van der Waals surface area contributed by atoms with Crippen LogP contribution in [-0.4, -0.2) is 11.5 Å². The van der Waals surface area contributed by atoms with Crippen LogP contribution in [0.4, 0.5) is 5.82 Å². The zero-order chi connectivity index (χ0) is 13.7. The summed E-state index contributed by atoms with van der Waals surface area (Å²) >= 11 is 0. The van der Waals surface area contributed by atoms with Gasteiger partial charge in [-0.15, -0.1) is 0 Å². The highest BCUT2D eigenvalue weighted by atomic mass is 15.2. The molecule has 1 heterocycles. The van der Waals surface area contributed by atoms with Gasteiger partial charge in [0.05, 0.1) is 0 Å². The average molecular weight is 255 g/mol. The zero-order valence-corrected chi connectivity index (χ0v) is 11.6. The Morgan fingerprint density at radius 2 is 1.89 bits per heavy atom. The minimum atomic E-state index is -0.00600. The van der Waals surface area contributed by atoms with E-state index in [0.717, 1.165) is 24.5 Å². The van der Waals surface area contributed by atoms with Gasteiger partial charge in [-0.2, -0.15) is 0 Å². The van der Waals surface area contributed by atoms with E-state index in [-0.39, 0.29) is 6.04 Å². The molecule has 2 aromatic rings. The summed E-state index contributed by atoms with van der Waals surface area (Å²) in [7, 11) is 0. The second-order valence-corrected chi connectivity index (χ2v) is 4.70. The molecule has 0 amide bonds. The van der Waals surface area contributed by atoms with Crippen LogP contribution < -0.4 is 10.6 Å². The van der Waals surface area contributed by atoms with Crippen LogP contribution in [0.2, 0.25) is 0 Å². The molecule has 2 N–H and O–H groups in total. The van der Waals surface area contributed by atoms with Crippen LogP contribution in [0.3, 0.4) is 0 Å². The molecule has 1 atom stereocenters. The van der Waals surface area contributed by atoms with Crippen molar-refractivity contribution >= 4 is 5.82 Å². The number of pyridine rings is 1. The van der Waals surface area contributed by atoms with E-state index >= 15 is 0 Å². The molecular formula is C16H21N3. The van der Waals surface area contributed by atoms with E-state index < -0.39 is 0 Å². The number of nitrogens with zero attached hydrogens (tertiary/aromatic N) is 2. The first kappa shape index (κ1) is 13.6. The Labute approximate surface area is 115 Å². The van der Waals surface area contributed by atoms with Crippen molar-refractivity contribution in [3.63, 3.8) is 0 Å². The Bertz CT molecular complexity index is 508. The maximum absolute atomic E-state index is 6.03. The smallest absolute Gasteiger partial charge is 0.133 e. The molecule has 3 heteroatoms. The van der Waals surface area contributed by atoms with Crippen molar-refractivity contribution in [2.24, 2.45) is 5.73 Å². The topological polar surface area (TPSA) is 42.2 Å². The van der Waals surface area contributed by atoms with Crippen molar-refractivity contribution in [3.05, 3.63) is 59.8 Å². The van der Waals surface area contributed by atoms with Crippen LogP contribution in [-0.2, 0) is 6.54 Å². The summed E-state index contributed by atoms with van der Waals surface area (Å²) in [6, 6.07) is 14.4. The highest BCUT2D eigenvalue weighted by Gasteiger charge is 2.13. The van der Waals surface area contributed by atoms with Gasteiger partial charge >= 0.3 is 0 Å². The summed E-state index contributed by atoms with van der Waals surface area (Å²) in [6.45, 7) is 5.90. The quantitative estimate of drug-likeness (QED) is 0.892. The van der Waals surface area contributed by atoms with Gasteiger partial charge in [0.2, 0.25) is 0 Å². The second kappa shape index (κ2) is 6.34. The third-order valence-corrected chi connectivity index (χ3v) is 3.20. The lowest BCUT2D eigenvalue weighted by atomic mass is 10.1. The van der Waals surface area contributed by atoms with Crippen LogP contribution >= 0.6 is 0 Å². The summed E-state index contributed by atoms with van der Waals surface area (Å²) in [5.74, 6) is 0.990. The number of aromatic nitrogens is 1. The monoisotopic (exact) mass is 255 g/mol. The van der Waals surface area contributed by atoms with Gasteiger partial charge < -0.3 is 10.6 Å². The van der Waals surface area contributed by atoms with E-state index in [1.165, 1.54) is 5.56 Å². The van der Waals surface area contributed by atoms with Crippen LogP contribution in [0.25, 0.3) is 0 Å². The molecular weight excluding hydrogens is 234 g/mol. The first-order chi connectivity index (χ1) is 9.22. The fraction of sp³-hybridized carbons (Fsp3) is 0.312. The van der Waals surface area contributed by atoms with Crippen LogP contribution in [0.1, 0.15) is 31.0 Å². The Kier molecular flexibility index (Phi) is 4.53. The highest BCUT2D eigenvalue weighted by Crippen LogP contribution is 2.23. The number of rotatable bonds is 5. The molecule has 100 valence electrons. The van der Waals surface area contributed by atoms with E-state index in [0.29, 0.717) is 0 Å². The third kappa shape index (κ3) is 3.32. The summed E-state index contributed by atoms with van der Waals surface area (Å²) in [6.07, 6.45) is 1.83. The lowest BCUT2D eigenvalue weighted by Gasteiger charge is -2.25. The predicted octanol–water partition coefficient (Wildman–Crippen LogP) is 3.13. The van der Waals surface area contributed by atoms with Gasteiger partial charge in [-0.05, 0) is 25.5 Å². The molecule has 0 spiro atoms. The van der Waals surface area contributed by atoms with Gasteiger partial charge in [0.25, 0.3) is 0 Å². The number of hydrogen-bond donors (Lipinski definition) is 1. The largest absolute Gasteiger partial charge is 0.352 e.